The summed E-state index contributed by atoms with van der Waals surface area (Å²) in [5, 5.41) is 4.87. The van der Waals surface area contributed by atoms with Crippen LogP contribution in [0, 0.1) is 6.92 Å². The van der Waals surface area contributed by atoms with Crippen molar-refractivity contribution in [1.82, 2.24) is 24.9 Å². The summed E-state index contributed by atoms with van der Waals surface area (Å²) in [6.07, 6.45) is 5.34. The van der Waals surface area contributed by atoms with Crippen molar-refractivity contribution in [3.8, 4) is 11.3 Å². The van der Waals surface area contributed by atoms with Gasteiger partial charge in [0.2, 0.25) is 5.95 Å². The molecule has 0 amide bonds. The van der Waals surface area contributed by atoms with Crippen molar-refractivity contribution in [2.75, 3.05) is 18.5 Å². The quantitative estimate of drug-likeness (QED) is 0.543. The number of pyridine rings is 1. The Morgan fingerprint density at radius 3 is 2.86 bits per heavy atom. The van der Waals surface area contributed by atoms with E-state index in [1.165, 1.54) is 0 Å². The molecule has 0 aliphatic carbocycles. The van der Waals surface area contributed by atoms with Crippen LogP contribution in [0.25, 0.3) is 33.2 Å². The Morgan fingerprint density at radius 1 is 1.14 bits per heavy atom. The highest BCUT2D eigenvalue weighted by Gasteiger charge is 2.16. The number of fused-ring (bicyclic) bond motifs is 3. The van der Waals surface area contributed by atoms with Crippen LogP contribution in [-0.4, -0.2) is 44.2 Å². The predicted molar refractivity (Wildman–Crippen MR) is 110 cm³/mol. The number of hydrogen-bond donors (Lipinski definition) is 2. The summed E-state index contributed by atoms with van der Waals surface area (Å²) in [6, 6.07) is 6.30. The largest absolute Gasteiger partial charge is 0.381 e. The van der Waals surface area contributed by atoms with Gasteiger partial charge in [0.05, 0.1) is 39.7 Å². The lowest BCUT2D eigenvalue weighted by Crippen LogP contribution is -2.28. The molecule has 8 heteroatoms. The number of aromatic nitrogens is 5. The molecule has 4 heterocycles. The minimum atomic E-state index is 0.315. The first-order valence-electron chi connectivity index (χ1n) is 9.29. The van der Waals surface area contributed by atoms with Crippen molar-refractivity contribution < 1.29 is 4.74 Å². The van der Waals surface area contributed by atoms with E-state index in [0.717, 1.165) is 59.4 Å². The maximum atomic E-state index is 6.44. The molecule has 1 aromatic carbocycles. The molecule has 0 radical (unpaired) electrons. The Morgan fingerprint density at radius 2 is 2.00 bits per heavy atom. The average Bonchev–Trinajstić information content (AvgIpc) is 3.11. The molecular weight excluding hydrogens is 376 g/mol. The van der Waals surface area contributed by atoms with Gasteiger partial charge in [-0.1, -0.05) is 17.7 Å². The summed E-state index contributed by atoms with van der Waals surface area (Å²) in [5.74, 6) is 1.44. The lowest BCUT2D eigenvalue weighted by molar-refractivity contribution is 0.0903. The van der Waals surface area contributed by atoms with Gasteiger partial charge in [-0.05, 0) is 31.9 Å². The Hall–Kier alpha value is -2.77. The number of aryl methyl sites for hydroxylation is 1. The maximum Gasteiger partial charge on any atom is 0.223 e. The summed E-state index contributed by atoms with van der Waals surface area (Å²) in [4.78, 5) is 21.4. The first-order chi connectivity index (χ1) is 13.7. The highest BCUT2D eigenvalue weighted by molar-refractivity contribution is 6.33. The van der Waals surface area contributed by atoms with Crippen LogP contribution in [0.1, 0.15) is 18.7 Å². The smallest absolute Gasteiger partial charge is 0.223 e. The van der Waals surface area contributed by atoms with Crippen LogP contribution in [0.15, 0.2) is 30.6 Å². The van der Waals surface area contributed by atoms with Gasteiger partial charge in [0.25, 0.3) is 0 Å². The minimum absolute atomic E-state index is 0.315. The zero-order valence-corrected chi connectivity index (χ0v) is 16.1. The fourth-order valence-corrected chi connectivity index (χ4v) is 3.79. The molecular formula is C20H19ClN6O. The standard InChI is InChI=1S/C20H19ClN6O/c1-11-24-17-10-22-16-3-2-12(8-14(16)19(17)25-11)18-15(21)9-23-20(27-18)26-13-4-6-28-7-5-13/h2-3,8-10,13H,4-7H2,1H3,(H,24,25)(H,23,26,27). The summed E-state index contributed by atoms with van der Waals surface area (Å²) < 4.78 is 5.41. The molecule has 0 saturated carbocycles. The third-order valence-electron chi connectivity index (χ3n) is 5.01. The van der Waals surface area contributed by atoms with E-state index in [1.807, 2.05) is 31.3 Å². The molecule has 5 rings (SSSR count). The molecule has 3 aromatic heterocycles. The van der Waals surface area contributed by atoms with Crippen LogP contribution in [0.2, 0.25) is 5.02 Å². The molecule has 2 N–H and O–H groups in total. The molecule has 142 valence electrons. The van der Waals surface area contributed by atoms with Gasteiger partial charge < -0.3 is 15.0 Å². The summed E-state index contributed by atoms with van der Waals surface area (Å²) >= 11 is 6.44. The van der Waals surface area contributed by atoms with Crippen molar-refractivity contribution in [3.63, 3.8) is 0 Å². The van der Waals surface area contributed by atoms with E-state index in [-0.39, 0.29) is 0 Å². The van der Waals surface area contributed by atoms with Gasteiger partial charge in [0, 0.05) is 30.2 Å². The molecule has 1 aliphatic rings. The Bertz CT molecular complexity index is 1170. The topological polar surface area (TPSA) is 88.6 Å². The number of nitrogens with zero attached hydrogens (tertiary/aromatic N) is 4. The number of nitrogens with one attached hydrogen (secondary N) is 2. The van der Waals surface area contributed by atoms with E-state index in [0.29, 0.717) is 22.7 Å². The van der Waals surface area contributed by atoms with Crippen LogP contribution in [0.5, 0.6) is 0 Å². The lowest BCUT2D eigenvalue weighted by atomic mass is 10.1. The highest BCUT2D eigenvalue weighted by atomic mass is 35.5. The van der Waals surface area contributed by atoms with Crippen LogP contribution in [0.4, 0.5) is 5.95 Å². The highest BCUT2D eigenvalue weighted by Crippen LogP contribution is 2.31. The fourth-order valence-electron chi connectivity index (χ4n) is 3.59. The second kappa shape index (κ2) is 7.00. The third kappa shape index (κ3) is 3.16. The van der Waals surface area contributed by atoms with Crippen LogP contribution in [0.3, 0.4) is 0 Å². The van der Waals surface area contributed by atoms with E-state index in [1.54, 1.807) is 6.20 Å². The van der Waals surface area contributed by atoms with E-state index in [9.17, 15) is 0 Å². The summed E-state index contributed by atoms with van der Waals surface area (Å²) in [7, 11) is 0. The van der Waals surface area contributed by atoms with Crippen molar-refractivity contribution in [2.45, 2.75) is 25.8 Å². The Balaban J connectivity index is 1.56. The van der Waals surface area contributed by atoms with E-state index < -0.39 is 0 Å². The molecule has 0 spiro atoms. The molecule has 1 saturated heterocycles. The number of halogens is 1. The van der Waals surface area contributed by atoms with Gasteiger partial charge in [-0.3, -0.25) is 4.98 Å². The predicted octanol–water partition coefficient (Wildman–Crippen LogP) is 4.12. The van der Waals surface area contributed by atoms with E-state index in [4.69, 9.17) is 16.3 Å². The second-order valence-corrected chi connectivity index (χ2v) is 7.40. The number of anilines is 1. The van der Waals surface area contributed by atoms with Gasteiger partial charge in [-0.2, -0.15) is 0 Å². The number of aromatic amines is 1. The van der Waals surface area contributed by atoms with Gasteiger partial charge >= 0.3 is 0 Å². The van der Waals surface area contributed by atoms with Crippen molar-refractivity contribution in [1.29, 1.82) is 0 Å². The summed E-state index contributed by atoms with van der Waals surface area (Å²) in [6.45, 7) is 3.45. The molecule has 7 nitrogen and oxygen atoms in total. The lowest BCUT2D eigenvalue weighted by Gasteiger charge is -2.23. The number of ether oxygens (including phenoxy) is 1. The number of rotatable bonds is 3. The average molecular weight is 395 g/mol. The Labute approximate surface area is 166 Å². The number of H-pyrrole nitrogens is 1. The Kier molecular flexibility index (Phi) is 4.33. The number of imidazole rings is 1. The first kappa shape index (κ1) is 17.3. The van der Waals surface area contributed by atoms with Crippen LogP contribution >= 0.6 is 11.6 Å². The molecule has 4 aromatic rings. The molecule has 1 aliphatic heterocycles. The van der Waals surface area contributed by atoms with Crippen LogP contribution in [-0.2, 0) is 4.74 Å². The zero-order chi connectivity index (χ0) is 19.1. The molecule has 0 unspecified atom stereocenters. The normalized spacial score (nSPS) is 15.4. The van der Waals surface area contributed by atoms with Crippen molar-refractivity contribution in [3.05, 3.63) is 41.4 Å². The van der Waals surface area contributed by atoms with E-state index >= 15 is 0 Å². The summed E-state index contributed by atoms with van der Waals surface area (Å²) in [5.41, 5.74) is 4.30. The van der Waals surface area contributed by atoms with Crippen molar-refractivity contribution in [2.24, 2.45) is 0 Å². The number of hydrogen-bond acceptors (Lipinski definition) is 6. The maximum absolute atomic E-state index is 6.44. The van der Waals surface area contributed by atoms with Gasteiger partial charge in [0.1, 0.15) is 5.82 Å². The fraction of sp³-hybridized carbons (Fsp3) is 0.300. The van der Waals surface area contributed by atoms with Crippen molar-refractivity contribution >= 4 is 39.5 Å². The van der Waals surface area contributed by atoms with Gasteiger partial charge in [0.15, 0.2) is 0 Å². The zero-order valence-electron chi connectivity index (χ0n) is 15.4. The second-order valence-electron chi connectivity index (χ2n) is 7.00. The molecule has 0 bridgehead atoms. The minimum Gasteiger partial charge on any atom is -0.381 e. The van der Waals surface area contributed by atoms with Gasteiger partial charge in [-0.15, -0.1) is 0 Å². The third-order valence-corrected chi connectivity index (χ3v) is 5.28. The SMILES string of the molecule is Cc1nc2c(cnc3ccc(-c4nc(NC5CCOCC5)ncc4Cl)cc32)[nH]1. The molecule has 28 heavy (non-hydrogen) atoms. The molecule has 1 fully saturated rings. The molecule has 0 atom stereocenters. The van der Waals surface area contributed by atoms with E-state index in [2.05, 4.69) is 30.2 Å². The van der Waals surface area contributed by atoms with Gasteiger partial charge in [-0.25, -0.2) is 15.0 Å². The first-order valence-corrected chi connectivity index (χ1v) is 9.67. The number of benzene rings is 1. The monoisotopic (exact) mass is 394 g/mol. The van der Waals surface area contributed by atoms with Crippen LogP contribution < -0.4 is 5.32 Å².